The lowest BCUT2D eigenvalue weighted by Crippen LogP contribution is -2.29. The molecule has 0 aliphatic rings. The van der Waals surface area contributed by atoms with E-state index in [1.54, 1.807) is 19.1 Å². The highest BCUT2D eigenvalue weighted by atomic mass is 16.4. The Kier molecular flexibility index (Phi) is 4.12. The number of benzene rings is 1. The SMILES string of the molecule is CCCNC(=O)Nc1cccc(-c2nnc(C)o2)c1. The van der Waals surface area contributed by atoms with E-state index in [0.717, 1.165) is 12.0 Å². The fourth-order valence-corrected chi connectivity index (χ4v) is 1.56. The van der Waals surface area contributed by atoms with Gasteiger partial charge in [-0.1, -0.05) is 13.0 Å². The molecule has 1 aromatic heterocycles. The fraction of sp³-hybridized carbons (Fsp3) is 0.308. The van der Waals surface area contributed by atoms with Crippen molar-refractivity contribution in [2.24, 2.45) is 0 Å². The molecule has 1 aromatic carbocycles. The van der Waals surface area contributed by atoms with E-state index in [2.05, 4.69) is 20.8 Å². The lowest BCUT2D eigenvalue weighted by atomic mass is 10.2. The summed E-state index contributed by atoms with van der Waals surface area (Å²) >= 11 is 0. The van der Waals surface area contributed by atoms with Crippen LogP contribution in [0.1, 0.15) is 19.2 Å². The van der Waals surface area contributed by atoms with Gasteiger partial charge in [0.15, 0.2) is 0 Å². The predicted molar refractivity (Wildman–Crippen MR) is 71.8 cm³/mol. The van der Waals surface area contributed by atoms with Crippen LogP contribution in [0, 0.1) is 6.92 Å². The van der Waals surface area contributed by atoms with Gasteiger partial charge < -0.3 is 15.1 Å². The van der Waals surface area contributed by atoms with Crippen molar-refractivity contribution in [3.8, 4) is 11.5 Å². The largest absolute Gasteiger partial charge is 0.421 e. The summed E-state index contributed by atoms with van der Waals surface area (Å²) in [6.07, 6.45) is 0.898. The number of hydrogen-bond acceptors (Lipinski definition) is 4. The third-order valence-electron chi connectivity index (χ3n) is 2.43. The van der Waals surface area contributed by atoms with E-state index in [1.807, 2.05) is 19.1 Å². The minimum Gasteiger partial charge on any atom is -0.421 e. The van der Waals surface area contributed by atoms with Gasteiger partial charge in [-0.3, -0.25) is 0 Å². The zero-order chi connectivity index (χ0) is 13.7. The summed E-state index contributed by atoms with van der Waals surface area (Å²) in [5.74, 6) is 0.948. The molecular formula is C13H16N4O2. The van der Waals surface area contributed by atoms with Crippen LogP contribution in [0.2, 0.25) is 0 Å². The second kappa shape index (κ2) is 5.99. The summed E-state index contributed by atoms with van der Waals surface area (Å²) in [5, 5.41) is 13.2. The zero-order valence-corrected chi connectivity index (χ0v) is 10.9. The molecule has 0 aliphatic heterocycles. The van der Waals surface area contributed by atoms with Crippen LogP contribution < -0.4 is 10.6 Å². The van der Waals surface area contributed by atoms with Crippen LogP contribution in [0.5, 0.6) is 0 Å². The number of nitrogens with one attached hydrogen (secondary N) is 2. The summed E-state index contributed by atoms with van der Waals surface area (Å²) in [6, 6.07) is 7.05. The highest BCUT2D eigenvalue weighted by Crippen LogP contribution is 2.21. The Morgan fingerprint density at radius 2 is 2.21 bits per heavy atom. The van der Waals surface area contributed by atoms with Crippen molar-refractivity contribution < 1.29 is 9.21 Å². The average molecular weight is 260 g/mol. The molecule has 100 valence electrons. The summed E-state index contributed by atoms with van der Waals surface area (Å²) in [5.41, 5.74) is 1.45. The van der Waals surface area contributed by atoms with E-state index in [4.69, 9.17) is 4.42 Å². The number of amides is 2. The Morgan fingerprint density at radius 1 is 1.37 bits per heavy atom. The van der Waals surface area contributed by atoms with E-state index in [1.165, 1.54) is 0 Å². The topological polar surface area (TPSA) is 80.0 Å². The van der Waals surface area contributed by atoms with Crippen molar-refractivity contribution in [3.05, 3.63) is 30.2 Å². The Balaban J connectivity index is 2.09. The zero-order valence-electron chi connectivity index (χ0n) is 10.9. The number of rotatable bonds is 4. The van der Waals surface area contributed by atoms with Crippen LogP contribution in [-0.4, -0.2) is 22.8 Å². The Morgan fingerprint density at radius 3 is 2.89 bits per heavy atom. The van der Waals surface area contributed by atoms with Gasteiger partial charge in [0.2, 0.25) is 11.8 Å². The summed E-state index contributed by atoms with van der Waals surface area (Å²) in [7, 11) is 0. The third kappa shape index (κ3) is 3.54. The van der Waals surface area contributed by atoms with Gasteiger partial charge >= 0.3 is 6.03 Å². The number of nitrogens with zero attached hydrogens (tertiary/aromatic N) is 2. The molecular weight excluding hydrogens is 244 g/mol. The first kappa shape index (κ1) is 13.1. The molecule has 0 bridgehead atoms. The van der Waals surface area contributed by atoms with Gasteiger partial charge in [0.05, 0.1) is 0 Å². The maximum absolute atomic E-state index is 11.5. The average Bonchev–Trinajstić information content (AvgIpc) is 2.83. The first-order valence-electron chi connectivity index (χ1n) is 6.14. The number of carbonyl (C=O) groups is 1. The van der Waals surface area contributed by atoms with E-state index in [0.29, 0.717) is 24.0 Å². The molecule has 0 unspecified atom stereocenters. The van der Waals surface area contributed by atoms with Crippen molar-refractivity contribution in [2.45, 2.75) is 20.3 Å². The number of aryl methyl sites for hydroxylation is 1. The van der Waals surface area contributed by atoms with E-state index < -0.39 is 0 Å². The minimum atomic E-state index is -0.222. The molecule has 0 aliphatic carbocycles. The summed E-state index contributed by atoms with van der Waals surface area (Å²) in [4.78, 5) is 11.5. The van der Waals surface area contributed by atoms with Gasteiger partial charge in [0.25, 0.3) is 0 Å². The van der Waals surface area contributed by atoms with Gasteiger partial charge in [-0.15, -0.1) is 10.2 Å². The van der Waals surface area contributed by atoms with Crippen LogP contribution in [0.25, 0.3) is 11.5 Å². The number of hydrogen-bond donors (Lipinski definition) is 2. The third-order valence-corrected chi connectivity index (χ3v) is 2.43. The quantitative estimate of drug-likeness (QED) is 0.885. The van der Waals surface area contributed by atoms with E-state index in [9.17, 15) is 4.79 Å². The number of urea groups is 1. The molecule has 0 fully saturated rings. The van der Waals surface area contributed by atoms with Crippen molar-refractivity contribution in [1.29, 1.82) is 0 Å². The summed E-state index contributed by atoms with van der Waals surface area (Å²) in [6.45, 7) is 4.38. The molecule has 2 rings (SSSR count). The number of aromatic nitrogens is 2. The molecule has 19 heavy (non-hydrogen) atoms. The van der Waals surface area contributed by atoms with Crippen LogP contribution in [0.4, 0.5) is 10.5 Å². The van der Waals surface area contributed by atoms with Gasteiger partial charge in [-0.2, -0.15) is 0 Å². The molecule has 0 saturated carbocycles. The van der Waals surface area contributed by atoms with Gasteiger partial charge in [-0.25, -0.2) is 4.79 Å². The van der Waals surface area contributed by atoms with Crippen molar-refractivity contribution in [1.82, 2.24) is 15.5 Å². The Hall–Kier alpha value is -2.37. The molecule has 0 radical (unpaired) electrons. The predicted octanol–water partition coefficient (Wildman–Crippen LogP) is 2.58. The minimum absolute atomic E-state index is 0.222. The Bertz CT molecular complexity index is 565. The first-order chi connectivity index (χ1) is 9.19. The molecule has 2 N–H and O–H groups in total. The fourth-order valence-electron chi connectivity index (χ4n) is 1.56. The smallest absolute Gasteiger partial charge is 0.319 e. The molecule has 0 atom stereocenters. The monoisotopic (exact) mass is 260 g/mol. The molecule has 2 aromatic rings. The molecule has 6 nitrogen and oxygen atoms in total. The van der Waals surface area contributed by atoms with Crippen molar-refractivity contribution >= 4 is 11.7 Å². The standard InChI is InChI=1S/C13H16N4O2/c1-3-7-14-13(18)15-11-6-4-5-10(8-11)12-17-16-9(2)19-12/h4-6,8H,3,7H2,1-2H3,(H2,14,15,18). The lowest BCUT2D eigenvalue weighted by molar-refractivity contribution is 0.252. The van der Waals surface area contributed by atoms with Gasteiger partial charge in [-0.05, 0) is 24.6 Å². The van der Waals surface area contributed by atoms with Crippen LogP contribution in [-0.2, 0) is 0 Å². The second-order valence-electron chi connectivity index (χ2n) is 4.09. The van der Waals surface area contributed by atoms with E-state index >= 15 is 0 Å². The summed E-state index contributed by atoms with van der Waals surface area (Å²) < 4.78 is 5.34. The molecule has 0 saturated heterocycles. The van der Waals surface area contributed by atoms with Gasteiger partial charge in [0.1, 0.15) is 0 Å². The first-order valence-corrected chi connectivity index (χ1v) is 6.14. The van der Waals surface area contributed by atoms with Crippen molar-refractivity contribution in [2.75, 3.05) is 11.9 Å². The maximum Gasteiger partial charge on any atom is 0.319 e. The van der Waals surface area contributed by atoms with Crippen LogP contribution >= 0.6 is 0 Å². The molecule has 2 amide bonds. The molecule has 6 heteroatoms. The van der Waals surface area contributed by atoms with E-state index in [-0.39, 0.29) is 6.03 Å². The van der Waals surface area contributed by atoms with Crippen molar-refractivity contribution in [3.63, 3.8) is 0 Å². The molecule has 0 spiro atoms. The number of carbonyl (C=O) groups excluding carboxylic acids is 1. The lowest BCUT2D eigenvalue weighted by Gasteiger charge is -2.07. The highest BCUT2D eigenvalue weighted by Gasteiger charge is 2.07. The van der Waals surface area contributed by atoms with Gasteiger partial charge in [0, 0.05) is 24.7 Å². The second-order valence-corrected chi connectivity index (χ2v) is 4.09. The Labute approximate surface area is 111 Å². The number of anilines is 1. The molecule has 1 heterocycles. The maximum atomic E-state index is 11.5. The highest BCUT2D eigenvalue weighted by molar-refractivity contribution is 5.89. The normalized spacial score (nSPS) is 10.2. The van der Waals surface area contributed by atoms with Crippen LogP contribution in [0.15, 0.2) is 28.7 Å². The van der Waals surface area contributed by atoms with Crippen LogP contribution in [0.3, 0.4) is 0 Å².